The van der Waals surface area contributed by atoms with Gasteiger partial charge in [0.1, 0.15) is 5.75 Å². The van der Waals surface area contributed by atoms with Crippen molar-refractivity contribution in [1.82, 2.24) is 0 Å². The Morgan fingerprint density at radius 1 is 1.50 bits per heavy atom. The normalized spacial score (nSPS) is 16.0. The molecule has 1 aromatic rings. The Morgan fingerprint density at radius 2 is 2.31 bits per heavy atom. The van der Waals surface area contributed by atoms with Crippen molar-refractivity contribution in [2.24, 2.45) is 11.5 Å². The molecular weight excluding hydrogens is 206 g/mol. The second kappa shape index (κ2) is 4.51. The summed E-state index contributed by atoms with van der Waals surface area (Å²) in [7, 11) is 0. The van der Waals surface area contributed by atoms with Crippen molar-refractivity contribution in [2.45, 2.75) is 12.5 Å². The quantitative estimate of drug-likeness (QED) is 0.687. The summed E-state index contributed by atoms with van der Waals surface area (Å²) in [5.74, 6) is 0.542. The van der Waals surface area contributed by atoms with Crippen LogP contribution in [0.2, 0.25) is 0 Å². The lowest BCUT2D eigenvalue weighted by atomic mass is 10.0. The van der Waals surface area contributed by atoms with E-state index in [4.69, 9.17) is 16.2 Å². The SMILES string of the molecule is NCCC(N)c1ccc2c(c1)NC(=O)CO2. The van der Waals surface area contributed by atoms with Crippen LogP contribution in [0.5, 0.6) is 5.75 Å². The van der Waals surface area contributed by atoms with Crippen molar-refractivity contribution in [1.29, 1.82) is 0 Å². The molecule has 16 heavy (non-hydrogen) atoms. The minimum atomic E-state index is -0.142. The van der Waals surface area contributed by atoms with E-state index in [0.717, 1.165) is 5.56 Å². The van der Waals surface area contributed by atoms with E-state index in [-0.39, 0.29) is 18.6 Å². The smallest absolute Gasteiger partial charge is 0.262 e. The zero-order chi connectivity index (χ0) is 11.5. The van der Waals surface area contributed by atoms with Crippen molar-refractivity contribution in [3.8, 4) is 5.75 Å². The van der Waals surface area contributed by atoms with E-state index in [0.29, 0.717) is 24.4 Å². The number of fused-ring (bicyclic) bond motifs is 1. The number of hydrogen-bond donors (Lipinski definition) is 3. The summed E-state index contributed by atoms with van der Waals surface area (Å²) in [6.07, 6.45) is 0.716. The van der Waals surface area contributed by atoms with E-state index in [9.17, 15) is 4.79 Å². The molecule has 86 valence electrons. The highest BCUT2D eigenvalue weighted by molar-refractivity contribution is 5.95. The molecule has 0 spiro atoms. The minimum absolute atomic E-state index is 0.0706. The predicted octanol–water partition coefficient (Wildman–Crippen LogP) is 0.366. The fourth-order valence-electron chi connectivity index (χ4n) is 1.68. The number of benzene rings is 1. The van der Waals surface area contributed by atoms with Crippen molar-refractivity contribution < 1.29 is 9.53 Å². The van der Waals surface area contributed by atoms with Gasteiger partial charge < -0.3 is 21.5 Å². The van der Waals surface area contributed by atoms with Crippen molar-refractivity contribution in [3.05, 3.63) is 23.8 Å². The first kappa shape index (κ1) is 10.9. The Bertz CT molecular complexity index is 406. The van der Waals surface area contributed by atoms with Gasteiger partial charge in [0, 0.05) is 6.04 Å². The summed E-state index contributed by atoms with van der Waals surface area (Å²) in [5, 5.41) is 2.75. The number of amides is 1. The number of hydrogen-bond acceptors (Lipinski definition) is 4. The van der Waals surface area contributed by atoms with Crippen LogP contribution in [0.1, 0.15) is 18.0 Å². The van der Waals surface area contributed by atoms with Crippen LogP contribution in [-0.4, -0.2) is 19.1 Å². The topological polar surface area (TPSA) is 90.4 Å². The monoisotopic (exact) mass is 221 g/mol. The Balaban J connectivity index is 2.24. The maximum atomic E-state index is 11.1. The van der Waals surface area contributed by atoms with Gasteiger partial charge >= 0.3 is 0 Å². The lowest BCUT2D eigenvalue weighted by Crippen LogP contribution is -2.25. The largest absolute Gasteiger partial charge is 0.482 e. The minimum Gasteiger partial charge on any atom is -0.482 e. The first-order valence-corrected chi connectivity index (χ1v) is 5.23. The molecule has 1 aliphatic heterocycles. The number of carbonyl (C=O) groups is 1. The van der Waals surface area contributed by atoms with E-state index in [1.165, 1.54) is 0 Å². The maximum Gasteiger partial charge on any atom is 0.262 e. The molecule has 1 aliphatic rings. The molecule has 0 radical (unpaired) electrons. The molecule has 1 atom stereocenters. The van der Waals surface area contributed by atoms with Crippen molar-refractivity contribution >= 4 is 11.6 Å². The number of rotatable bonds is 3. The highest BCUT2D eigenvalue weighted by Gasteiger charge is 2.17. The molecular formula is C11H15N3O2. The zero-order valence-electron chi connectivity index (χ0n) is 8.90. The fourth-order valence-corrected chi connectivity index (χ4v) is 1.68. The van der Waals surface area contributed by atoms with Crippen molar-refractivity contribution in [3.63, 3.8) is 0 Å². The molecule has 1 heterocycles. The number of ether oxygens (including phenoxy) is 1. The van der Waals surface area contributed by atoms with Crippen LogP contribution in [0.3, 0.4) is 0 Å². The second-order valence-corrected chi connectivity index (χ2v) is 3.78. The Morgan fingerprint density at radius 3 is 3.06 bits per heavy atom. The number of anilines is 1. The molecule has 0 aromatic heterocycles. The third-order valence-corrected chi connectivity index (χ3v) is 2.54. The van der Waals surface area contributed by atoms with Crippen molar-refractivity contribution in [2.75, 3.05) is 18.5 Å². The number of nitrogens with two attached hydrogens (primary N) is 2. The molecule has 0 bridgehead atoms. The van der Waals surface area contributed by atoms with Crippen LogP contribution < -0.4 is 21.5 Å². The van der Waals surface area contributed by atoms with Gasteiger partial charge in [-0.25, -0.2) is 0 Å². The van der Waals surface area contributed by atoms with Crippen LogP contribution in [0.25, 0.3) is 0 Å². The number of carbonyl (C=O) groups excluding carboxylic acids is 1. The fraction of sp³-hybridized carbons (Fsp3) is 0.364. The zero-order valence-corrected chi connectivity index (χ0v) is 8.90. The van der Waals surface area contributed by atoms with Crippen LogP contribution in [0, 0.1) is 0 Å². The third kappa shape index (κ3) is 2.15. The molecule has 2 rings (SSSR count). The molecule has 5 nitrogen and oxygen atoms in total. The highest BCUT2D eigenvalue weighted by Crippen LogP contribution is 2.30. The van der Waals surface area contributed by atoms with Crippen LogP contribution in [0.4, 0.5) is 5.69 Å². The third-order valence-electron chi connectivity index (χ3n) is 2.54. The first-order valence-electron chi connectivity index (χ1n) is 5.23. The Kier molecular flexibility index (Phi) is 3.07. The maximum absolute atomic E-state index is 11.1. The van der Waals surface area contributed by atoms with Gasteiger partial charge in [0.05, 0.1) is 5.69 Å². The van der Waals surface area contributed by atoms with Gasteiger partial charge in [0.15, 0.2) is 6.61 Å². The molecule has 5 N–H and O–H groups in total. The molecule has 0 aliphatic carbocycles. The van der Waals surface area contributed by atoms with E-state index >= 15 is 0 Å². The Labute approximate surface area is 93.8 Å². The van der Waals surface area contributed by atoms with Gasteiger partial charge in [-0.05, 0) is 30.7 Å². The molecule has 0 fully saturated rings. The molecule has 1 aromatic carbocycles. The summed E-state index contributed by atoms with van der Waals surface area (Å²) in [4.78, 5) is 11.1. The summed E-state index contributed by atoms with van der Waals surface area (Å²) in [5.41, 5.74) is 13.0. The Hall–Kier alpha value is -1.59. The predicted molar refractivity (Wildman–Crippen MR) is 61.2 cm³/mol. The molecule has 1 amide bonds. The highest BCUT2D eigenvalue weighted by atomic mass is 16.5. The first-order chi connectivity index (χ1) is 7.70. The van der Waals surface area contributed by atoms with E-state index < -0.39 is 0 Å². The summed E-state index contributed by atoms with van der Waals surface area (Å²) < 4.78 is 5.25. The molecule has 0 saturated heterocycles. The van der Waals surface area contributed by atoms with E-state index in [1.807, 2.05) is 18.2 Å². The van der Waals surface area contributed by atoms with E-state index in [1.54, 1.807) is 0 Å². The van der Waals surface area contributed by atoms with Gasteiger partial charge in [0.25, 0.3) is 5.91 Å². The molecule has 5 heteroatoms. The van der Waals surface area contributed by atoms with Gasteiger partial charge in [-0.15, -0.1) is 0 Å². The summed E-state index contributed by atoms with van der Waals surface area (Å²) in [6.45, 7) is 0.613. The van der Waals surface area contributed by atoms with Gasteiger partial charge in [-0.3, -0.25) is 4.79 Å². The molecule has 0 saturated carbocycles. The van der Waals surface area contributed by atoms with E-state index in [2.05, 4.69) is 5.32 Å². The molecule has 1 unspecified atom stereocenters. The number of nitrogens with one attached hydrogen (secondary N) is 1. The van der Waals surface area contributed by atoms with Gasteiger partial charge in [-0.2, -0.15) is 0 Å². The van der Waals surface area contributed by atoms with Crippen LogP contribution in [0.15, 0.2) is 18.2 Å². The van der Waals surface area contributed by atoms with Crippen LogP contribution >= 0.6 is 0 Å². The lowest BCUT2D eigenvalue weighted by molar-refractivity contribution is -0.118. The van der Waals surface area contributed by atoms with Gasteiger partial charge in [-0.1, -0.05) is 6.07 Å². The lowest BCUT2D eigenvalue weighted by Gasteiger charge is -2.20. The average Bonchev–Trinajstić information content (AvgIpc) is 2.28. The summed E-state index contributed by atoms with van der Waals surface area (Å²) >= 11 is 0. The average molecular weight is 221 g/mol. The van der Waals surface area contributed by atoms with Gasteiger partial charge in [0.2, 0.25) is 0 Å². The van der Waals surface area contributed by atoms with Crippen LogP contribution in [-0.2, 0) is 4.79 Å². The summed E-state index contributed by atoms with van der Waals surface area (Å²) in [6, 6.07) is 5.46. The second-order valence-electron chi connectivity index (χ2n) is 3.78. The standard InChI is InChI=1S/C11H15N3O2/c12-4-3-8(13)7-1-2-10-9(5-7)14-11(15)6-16-10/h1-2,5,8H,3-4,6,12-13H2,(H,14,15).